The number of carbonyl (C=O) groups excluding carboxylic acids is 1. The number of hydrogen-bond donors (Lipinski definition) is 1. The van der Waals surface area contributed by atoms with Gasteiger partial charge in [0.25, 0.3) is 10.1 Å². The molecule has 7 rings (SSSR count). The smallest absolute Gasteiger partial charge is 0.301 e. The minimum atomic E-state index is -4.23. The topological polar surface area (TPSA) is 124 Å². The van der Waals surface area contributed by atoms with Gasteiger partial charge in [0.1, 0.15) is 17.9 Å². The van der Waals surface area contributed by atoms with Gasteiger partial charge < -0.3 is 4.90 Å². The molecule has 226 valence electrons. The molecule has 1 amide bonds. The van der Waals surface area contributed by atoms with Crippen LogP contribution < -0.4 is 15.3 Å². The molecule has 11 heteroatoms. The first-order valence-electron chi connectivity index (χ1n) is 14.1. The van der Waals surface area contributed by atoms with Gasteiger partial charge >= 0.3 is 5.91 Å². The van der Waals surface area contributed by atoms with Crippen LogP contribution in [0.2, 0.25) is 0 Å². The van der Waals surface area contributed by atoms with Crippen molar-refractivity contribution >= 4 is 87.3 Å². The molecule has 3 aromatic rings. The standard InChI is InChI=1S/C28H29NO3S.C5H2N4O.ClH/c1-4-18-5-6-19-9-12-22-23-15-16-27(33(30,31)32)28(20-7-10-21(11-8-20)29(2)3)25(23)14-13-24(22)26(19)17-18;10-5-3-4(7-1-6-3)8-2-9-5;/h5-15,17-18,27-28H,4,16H2,1-3H3,(H,30,31,32);1-2H;1H. The van der Waals surface area contributed by atoms with Crippen LogP contribution >= 0.6 is 12.4 Å². The van der Waals surface area contributed by atoms with Crippen LogP contribution in [-0.2, 0) is 14.9 Å². The summed E-state index contributed by atoms with van der Waals surface area (Å²) in [6.07, 6.45) is 12.6. The highest BCUT2D eigenvalue weighted by Gasteiger charge is 2.37. The van der Waals surface area contributed by atoms with Crippen molar-refractivity contribution in [2.45, 2.75) is 30.9 Å². The Bertz CT molecular complexity index is 2020. The normalized spacial score (nSPS) is 20.9. The fraction of sp³-hybridized carbons (Fsp3) is 0.242. The van der Waals surface area contributed by atoms with E-state index in [1.54, 1.807) is 0 Å². The monoisotopic (exact) mass is 629 g/mol. The summed E-state index contributed by atoms with van der Waals surface area (Å²) in [4.78, 5) is 27.3. The van der Waals surface area contributed by atoms with Crippen LogP contribution in [0.3, 0.4) is 0 Å². The van der Waals surface area contributed by atoms with Crippen molar-refractivity contribution in [3.8, 4) is 0 Å². The second-order valence-electron chi connectivity index (χ2n) is 11.0. The van der Waals surface area contributed by atoms with Gasteiger partial charge in [-0.2, -0.15) is 13.4 Å². The van der Waals surface area contributed by atoms with Gasteiger partial charge in [-0.05, 0) is 68.8 Å². The van der Waals surface area contributed by atoms with E-state index in [0.29, 0.717) is 11.8 Å². The Morgan fingerprint density at radius 1 is 0.932 bits per heavy atom. The Morgan fingerprint density at radius 2 is 1.64 bits per heavy atom. The minimum absolute atomic E-state index is 0. The summed E-state index contributed by atoms with van der Waals surface area (Å²) >= 11 is 0. The first-order valence-corrected chi connectivity index (χ1v) is 15.6. The van der Waals surface area contributed by atoms with Crippen LogP contribution in [0.25, 0.3) is 29.0 Å². The van der Waals surface area contributed by atoms with Gasteiger partial charge in [-0.3, -0.25) is 9.35 Å². The molecular weight excluding hydrogens is 598 g/mol. The van der Waals surface area contributed by atoms with E-state index in [9.17, 15) is 17.8 Å². The summed E-state index contributed by atoms with van der Waals surface area (Å²) in [6.45, 7) is 2.19. The zero-order chi connectivity index (χ0) is 30.3. The van der Waals surface area contributed by atoms with E-state index >= 15 is 0 Å². The molecule has 2 aliphatic heterocycles. The highest BCUT2D eigenvalue weighted by Crippen LogP contribution is 2.36. The van der Waals surface area contributed by atoms with Crippen LogP contribution in [-0.4, -0.2) is 62.4 Å². The van der Waals surface area contributed by atoms with Gasteiger partial charge in [-0.25, -0.2) is 15.0 Å². The number of amidine groups is 1. The largest absolute Gasteiger partial charge is 0.378 e. The van der Waals surface area contributed by atoms with E-state index in [1.807, 2.05) is 49.3 Å². The summed E-state index contributed by atoms with van der Waals surface area (Å²) in [5.74, 6) is -0.0126. The van der Waals surface area contributed by atoms with Crippen molar-refractivity contribution in [3.63, 3.8) is 0 Å². The zero-order valence-electron chi connectivity index (χ0n) is 24.5. The Hall–Kier alpha value is -4.25. The maximum absolute atomic E-state index is 12.4. The predicted molar refractivity (Wildman–Crippen MR) is 182 cm³/mol. The average Bonchev–Trinajstić information content (AvgIpc) is 3.50. The number of aliphatic imine (C=N–C) groups is 4. The lowest BCUT2D eigenvalue weighted by molar-refractivity contribution is -0.111. The lowest BCUT2D eigenvalue weighted by Gasteiger charge is -2.30. The van der Waals surface area contributed by atoms with Crippen molar-refractivity contribution in [3.05, 3.63) is 81.7 Å². The Balaban J connectivity index is 0.000000295. The summed E-state index contributed by atoms with van der Waals surface area (Å²) in [6, 6.07) is 16.4. The van der Waals surface area contributed by atoms with E-state index < -0.39 is 21.3 Å². The van der Waals surface area contributed by atoms with Gasteiger partial charge in [-0.15, -0.1) is 12.4 Å². The molecule has 0 radical (unpaired) electrons. The molecule has 44 heavy (non-hydrogen) atoms. The van der Waals surface area contributed by atoms with Crippen molar-refractivity contribution in [1.82, 2.24) is 0 Å². The fourth-order valence-corrected chi connectivity index (χ4v) is 6.99. The van der Waals surface area contributed by atoms with Gasteiger partial charge in [0.15, 0.2) is 11.5 Å². The molecule has 2 aliphatic carbocycles. The second kappa shape index (κ2) is 12.4. The number of halogens is 1. The summed E-state index contributed by atoms with van der Waals surface area (Å²) in [7, 11) is -0.277. The number of anilines is 1. The molecule has 9 nitrogen and oxygen atoms in total. The molecule has 3 aromatic carbocycles. The first kappa shape index (κ1) is 31.2. The lowest BCUT2D eigenvalue weighted by atomic mass is 9.80. The Morgan fingerprint density at radius 3 is 2.32 bits per heavy atom. The van der Waals surface area contributed by atoms with Gasteiger partial charge in [0, 0.05) is 25.7 Å². The average molecular weight is 630 g/mol. The molecule has 0 aromatic heterocycles. The van der Waals surface area contributed by atoms with E-state index in [0.717, 1.165) is 33.8 Å². The van der Waals surface area contributed by atoms with Gasteiger partial charge in [0.2, 0.25) is 0 Å². The maximum atomic E-state index is 12.4. The SMILES string of the molecule is CCC1C=Cc2ccc3c4c(ccc3c2=C1)C(c1ccc(N(C)C)cc1)C(S(=O)(=O)O)CC=4.Cl.O=C1N=CN=C2N=CN=C12. The highest BCUT2D eigenvalue weighted by molar-refractivity contribution is 7.86. The van der Waals surface area contributed by atoms with Gasteiger partial charge in [-0.1, -0.05) is 67.6 Å². The van der Waals surface area contributed by atoms with Crippen LogP contribution in [0.4, 0.5) is 5.69 Å². The van der Waals surface area contributed by atoms with Crippen molar-refractivity contribution < 1.29 is 17.8 Å². The number of nitrogens with zero attached hydrogens (tertiary/aromatic N) is 5. The Kier molecular flexibility index (Phi) is 8.78. The van der Waals surface area contributed by atoms with Crippen LogP contribution in [0.5, 0.6) is 0 Å². The van der Waals surface area contributed by atoms with Crippen molar-refractivity contribution in [1.29, 1.82) is 0 Å². The van der Waals surface area contributed by atoms with Crippen LogP contribution in [0, 0.1) is 5.92 Å². The predicted octanol–water partition coefficient (Wildman–Crippen LogP) is 4.17. The van der Waals surface area contributed by atoms with E-state index in [-0.39, 0.29) is 30.4 Å². The molecule has 1 N–H and O–H groups in total. The fourth-order valence-electron chi connectivity index (χ4n) is 6.01. The second-order valence-corrected chi connectivity index (χ2v) is 12.6. The molecular formula is C33H32ClN5O4S. The minimum Gasteiger partial charge on any atom is -0.378 e. The molecule has 0 saturated heterocycles. The third-order valence-corrected chi connectivity index (χ3v) is 9.51. The molecule has 2 heterocycles. The summed E-state index contributed by atoms with van der Waals surface area (Å²) < 4.78 is 34.9. The third-order valence-electron chi connectivity index (χ3n) is 8.28. The highest BCUT2D eigenvalue weighted by atomic mass is 35.5. The molecule has 4 aliphatic rings. The number of benzene rings is 3. The van der Waals surface area contributed by atoms with E-state index in [2.05, 4.69) is 69.4 Å². The van der Waals surface area contributed by atoms with Crippen molar-refractivity contribution in [2.24, 2.45) is 25.9 Å². The third kappa shape index (κ3) is 5.80. The molecule has 0 saturated carbocycles. The van der Waals surface area contributed by atoms with E-state index in [4.69, 9.17) is 0 Å². The first-order chi connectivity index (χ1) is 20.7. The molecule has 0 spiro atoms. The number of carbonyl (C=O) groups is 1. The lowest BCUT2D eigenvalue weighted by Crippen LogP contribution is -2.35. The molecule has 3 atom stereocenters. The van der Waals surface area contributed by atoms with E-state index in [1.165, 1.54) is 28.8 Å². The summed E-state index contributed by atoms with van der Waals surface area (Å²) in [5.41, 5.74) is 4.35. The Labute approximate surface area is 262 Å². The number of fused-ring (bicyclic) bond motifs is 6. The van der Waals surface area contributed by atoms with Crippen molar-refractivity contribution in [2.75, 3.05) is 19.0 Å². The number of hydrogen-bond acceptors (Lipinski definition) is 7. The maximum Gasteiger partial charge on any atom is 0.301 e. The molecule has 0 fully saturated rings. The molecule has 3 unspecified atom stereocenters. The number of allylic oxidation sites excluding steroid dienone is 1. The quantitative estimate of drug-likeness (QED) is 0.434. The van der Waals surface area contributed by atoms with Gasteiger partial charge in [0.05, 0.1) is 0 Å². The zero-order valence-corrected chi connectivity index (χ0v) is 26.1. The van der Waals surface area contributed by atoms with Crippen LogP contribution in [0.1, 0.15) is 42.4 Å². The number of amides is 1. The molecule has 0 bridgehead atoms. The van der Waals surface area contributed by atoms with Crippen LogP contribution in [0.15, 0.2) is 74.6 Å². The number of rotatable bonds is 4. The summed E-state index contributed by atoms with van der Waals surface area (Å²) in [5, 5.41) is 3.76.